The molecule has 0 bridgehead atoms. The van der Waals surface area contributed by atoms with E-state index in [0.29, 0.717) is 12.0 Å². The number of alkyl halides is 3. The Labute approximate surface area is 113 Å². The third-order valence-electron chi connectivity index (χ3n) is 5.13. The summed E-state index contributed by atoms with van der Waals surface area (Å²) in [5.74, 6) is 1.28. The highest BCUT2D eigenvalue weighted by atomic mass is 19.4. The average molecular weight is 278 g/mol. The third-order valence-corrected chi connectivity index (χ3v) is 5.13. The highest BCUT2D eigenvalue weighted by Gasteiger charge is 2.36. The van der Waals surface area contributed by atoms with Crippen LogP contribution in [-0.2, 0) is 4.74 Å². The maximum Gasteiger partial charge on any atom is 0.389 e. The van der Waals surface area contributed by atoms with Crippen LogP contribution in [0, 0.1) is 17.8 Å². The number of halogens is 3. The second-order valence-corrected chi connectivity index (χ2v) is 6.37. The highest BCUT2D eigenvalue weighted by Crippen LogP contribution is 2.42. The normalized spacial score (nSPS) is 37.3. The van der Waals surface area contributed by atoms with Crippen molar-refractivity contribution >= 4 is 0 Å². The molecule has 0 heterocycles. The minimum atomic E-state index is -3.98. The van der Waals surface area contributed by atoms with Crippen LogP contribution in [-0.4, -0.2) is 19.4 Å². The van der Waals surface area contributed by atoms with Gasteiger partial charge in [-0.05, 0) is 69.1 Å². The first kappa shape index (κ1) is 15.1. The van der Waals surface area contributed by atoms with Crippen LogP contribution < -0.4 is 0 Å². The predicted octanol–water partition coefficient (Wildman–Crippen LogP) is 4.95. The lowest BCUT2D eigenvalue weighted by atomic mass is 9.70. The van der Waals surface area contributed by atoms with Crippen molar-refractivity contribution in [2.24, 2.45) is 17.8 Å². The quantitative estimate of drug-likeness (QED) is 0.709. The second-order valence-electron chi connectivity index (χ2n) is 6.37. The summed E-state index contributed by atoms with van der Waals surface area (Å²) in [5.41, 5.74) is 0. The molecule has 0 aromatic rings. The summed E-state index contributed by atoms with van der Waals surface area (Å²) in [5, 5.41) is 0. The summed E-state index contributed by atoms with van der Waals surface area (Å²) in [6.07, 6.45) is 4.07. The molecule has 4 heteroatoms. The molecule has 0 aromatic heterocycles. The van der Waals surface area contributed by atoms with E-state index in [9.17, 15) is 13.2 Å². The van der Waals surface area contributed by atoms with Crippen molar-refractivity contribution in [2.75, 3.05) is 7.11 Å². The second kappa shape index (κ2) is 6.47. The van der Waals surface area contributed by atoms with Crippen LogP contribution in [0.3, 0.4) is 0 Å². The Balaban J connectivity index is 1.72. The highest BCUT2D eigenvalue weighted by molar-refractivity contribution is 4.82. The maximum absolute atomic E-state index is 12.4. The molecular formula is C15H25F3O. The predicted molar refractivity (Wildman–Crippen MR) is 68.9 cm³/mol. The van der Waals surface area contributed by atoms with Gasteiger partial charge in [-0.15, -0.1) is 0 Å². The Morgan fingerprint density at radius 1 is 0.842 bits per heavy atom. The van der Waals surface area contributed by atoms with Crippen molar-refractivity contribution in [3.05, 3.63) is 0 Å². The van der Waals surface area contributed by atoms with Crippen LogP contribution in [0.4, 0.5) is 13.2 Å². The summed E-state index contributed by atoms with van der Waals surface area (Å²) in [7, 11) is 1.77. The van der Waals surface area contributed by atoms with Crippen LogP contribution in [0.5, 0.6) is 0 Å². The van der Waals surface area contributed by atoms with Gasteiger partial charge in [-0.2, -0.15) is 13.2 Å². The molecule has 0 amide bonds. The molecule has 0 N–H and O–H groups in total. The fourth-order valence-electron chi connectivity index (χ4n) is 3.99. The number of hydrogen-bond donors (Lipinski definition) is 0. The van der Waals surface area contributed by atoms with E-state index < -0.39 is 12.6 Å². The molecule has 0 atom stereocenters. The molecule has 0 unspecified atom stereocenters. The maximum atomic E-state index is 12.4. The van der Waals surface area contributed by atoms with Gasteiger partial charge in [-0.1, -0.05) is 0 Å². The van der Waals surface area contributed by atoms with E-state index in [4.69, 9.17) is 4.74 Å². The van der Waals surface area contributed by atoms with E-state index >= 15 is 0 Å². The van der Waals surface area contributed by atoms with Crippen molar-refractivity contribution in [1.29, 1.82) is 0 Å². The molecule has 0 radical (unpaired) electrons. The average Bonchev–Trinajstić information content (AvgIpc) is 2.38. The van der Waals surface area contributed by atoms with Gasteiger partial charge in [-0.3, -0.25) is 0 Å². The van der Waals surface area contributed by atoms with Crippen molar-refractivity contribution in [1.82, 2.24) is 0 Å². The number of methoxy groups -OCH3 is 1. The van der Waals surface area contributed by atoms with E-state index in [1.165, 1.54) is 12.8 Å². The first-order chi connectivity index (χ1) is 8.98. The topological polar surface area (TPSA) is 9.23 Å². The van der Waals surface area contributed by atoms with Crippen LogP contribution >= 0.6 is 0 Å². The Kier molecular flexibility index (Phi) is 5.15. The molecule has 112 valence electrons. The molecule has 2 rings (SSSR count). The number of ether oxygens (including phenoxy) is 1. The summed E-state index contributed by atoms with van der Waals surface area (Å²) in [6.45, 7) is 0. The largest absolute Gasteiger partial charge is 0.389 e. The molecule has 2 saturated carbocycles. The van der Waals surface area contributed by atoms with Gasteiger partial charge in [0, 0.05) is 13.5 Å². The van der Waals surface area contributed by atoms with Gasteiger partial charge < -0.3 is 4.74 Å². The van der Waals surface area contributed by atoms with E-state index in [1.807, 2.05) is 0 Å². The Bertz CT molecular complexity index is 261. The van der Waals surface area contributed by atoms with E-state index in [-0.39, 0.29) is 5.92 Å². The minimum absolute atomic E-state index is 0.119. The van der Waals surface area contributed by atoms with Crippen LogP contribution in [0.2, 0.25) is 0 Å². The van der Waals surface area contributed by atoms with Crippen molar-refractivity contribution in [3.63, 3.8) is 0 Å². The van der Waals surface area contributed by atoms with E-state index in [0.717, 1.165) is 44.4 Å². The summed E-state index contributed by atoms with van der Waals surface area (Å²) in [6, 6.07) is 0. The molecule has 0 spiro atoms. The van der Waals surface area contributed by atoms with Crippen LogP contribution in [0.1, 0.15) is 57.8 Å². The molecule has 0 aromatic carbocycles. The molecule has 0 saturated heterocycles. The molecular weight excluding hydrogens is 253 g/mol. The smallest absolute Gasteiger partial charge is 0.381 e. The Hall–Kier alpha value is -0.250. The number of rotatable bonds is 3. The van der Waals surface area contributed by atoms with Gasteiger partial charge in [-0.25, -0.2) is 0 Å². The standard InChI is InChI=1S/C15H25F3O/c1-19-14-8-6-13(7-9-14)12-4-2-11(3-5-12)10-15(16,17)18/h11-14H,2-10H2,1H3/t11-,12-,13-,14-. The lowest BCUT2D eigenvalue weighted by Gasteiger charge is -2.37. The molecule has 2 aliphatic carbocycles. The molecule has 2 fully saturated rings. The Morgan fingerprint density at radius 2 is 1.32 bits per heavy atom. The monoisotopic (exact) mass is 278 g/mol. The molecule has 19 heavy (non-hydrogen) atoms. The van der Waals surface area contributed by atoms with Crippen molar-refractivity contribution in [3.8, 4) is 0 Å². The van der Waals surface area contributed by atoms with Gasteiger partial charge >= 0.3 is 6.18 Å². The zero-order chi connectivity index (χ0) is 13.9. The first-order valence-corrected chi connectivity index (χ1v) is 7.57. The van der Waals surface area contributed by atoms with Gasteiger partial charge in [0.15, 0.2) is 0 Å². The van der Waals surface area contributed by atoms with Crippen molar-refractivity contribution < 1.29 is 17.9 Å². The van der Waals surface area contributed by atoms with Crippen LogP contribution in [0.25, 0.3) is 0 Å². The number of hydrogen-bond acceptors (Lipinski definition) is 1. The van der Waals surface area contributed by atoms with E-state index in [2.05, 4.69) is 0 Å². The lowest BCUT2D eigenvalue weighted by molar-refractivity contribution is -0.147. The molecule has 0 aliphatic heterocycles. The zero-order valence-electron chi connectivity index (χ0n) is 11.7. The van der Waals surface area contributed by atoms with E-state index in [1.54, 1.807) is 7.11 Å². The van der Waals surface area contributed by atoms with Crippen LogP contribution in [0.15, 0.2) is 0 Å². The van der Waals surface area contributed by atoms with Gasteiger partial charge in [0.2, 0.25) is 0 Å². The summed E-state index contributed by atoms with van der Waals surface area (Å²) < 4.78 is 42.5. The Morgan fingerprint density at radius 3 is 1.74 bits per heavy atom. The molecule has 2 aliphatic rings. The summed E-state index contributed by atoms with van der Waals surface area (Å²) in [4.78, 5) is 0. The van der Waals surface area contributed by atoms with Gasteiger partial charge in [0.1, 0.15) is 0 Å². The summed E-state index contributed by atoms with van der Waals surface area (Å²) >= 11 is 0. The van der Waals surface area contributed by atoms with Gasteiger partial charge in [0.25, 0.3) is 0 Å². The fraction of sp³-hybridized carbons (Fsp3) is 1.00. The lowest BCUT2D eigenvalue weighted by Crippen LogP contribution is -2.29. The molecule has 1 nitrogen and oxygen atoms in total. The zero-order valence-corrected chi connectivity index (χ0v) is 11.7. The fourth-order valence-corrected chi connectivity index (χ4v) is 3.99. The SMILES string of the molecule is CO[C@H]1CC[C@H]([C@H]2CC[C@H](CC(F)(F)F)CC2)CC1. The van der Waals surface area contributed by atoms with Crippen molar-refractivity contribution in [2.45, 2.75) is 70.1 Å². The third kappa shape index (κ3) is 4.66. The minimum Gasteiger partial charge on any atom is -0.381 e. The first-order valence-electron chi connectivity index (χ1n) is 7.57. The van der Waals surface area contributed by atoms with Gasteiger partial charge in [0.05, 0.1) is 6.10 Å².